The molecule has 0 amide bonds. The van der Waals surface area contributed by atoms with E-state index in [0.29, 0.717) is 10.8 Å². The number of aliphatic carboxylic acids is 1. The third-order valence-electron chi connectivity index (χ3n) is 3.49. The number of carboxylic acids is 1. The molecule has 1 heterocycles. The summed E-state index contributed by atoms with van der Waals surface area (Å²) in [4.78, 5) is 11.1. The summed E-state index contributed by atoms with van der Waals surface area (Å²) in [6.07, 6.45) is -6.59. The minimum Gasteiger partial charge on any atom is -0.478 e. The van der Waals surface area contributed by atoms with Crippen molar-refractivity contribution in [3.63, 3.8) is 0 Å². The molecule has 26 heavy (non-hydrogen) atoms. The molecule has 3 rings (SSSR count). The van der Waals surface area contributed by atoms with Crippen LogP contribution >= 0.6 is 23.2 Å². The highest BCUT2D eigenvalue weighted by Crippen LogP contribution is 2.42. The zero-order valence-corrected chi connectivity index (χ0v) is 14.2. The van der Waals surface area contributed by atoms with Crippen molar-refractivity contribution in [2.45, 2.75) is 12.3 Å². The molecule has 4 nitrogen and oxygen atoms in total. The first-order valence-corrected chi connectivity index (χ1v) is 7.86. The molecule has 0 fully saturated rings. The molecule has 1 aliphatic rings. The van der Waals surface area contributed by atoms with E-state index in [1.165, 1.54) is 12.1 Å². The summed E-state index contributed by atoms with van der Waals surface area (Å²) < 4.78 is 49.8. The van der Waals surface area contributed by atoms with Crippen LogP contribution in [-0.2, 0) is 4.79 Å². The van der Waals surface area contributed by atoms with Crippen LogP contribution in [0.2, 0.25) is 10.0 Å². The second-order valence-electron chi connectivity index (χ2n) is 5.32. The van der Waals surface area contributed by atoms with Gasteiger partial charge in [-0.25, -0.2) is 4.79 Å². The molecule has 0 aliphatic carbocycles. The van der Waals surface area contributed by atoms with Crippen molar-refractivity contribution in [3.05, 3.63) is 57.6 Å². The Morgan fingerprint density at radius 2 is 1.81 bits per heavy atom. The predicted octanol–water partition coefficient (Wildman–Crippen LogP) is 5.58. The molecule has 1 atom stereocenters. The van der Waals surface area contributed by atoms with E-state index in [-0.39, 0.29) is 22.1 Å². The van der Waals surface area contributed by atoms with Gasteiger partial charge in [0.15, 0.2) is 0 Å². The van der Waals surface area contributed by atoms with Crippen LogP contribution in [0.5, 0.6) is 17.2 Å². The molecule has 0 spiro atoms. The molecule has 0 saturated carbocycles. The van der Waals surface area contributed by atoms with E-state index in [0.717, 1.165) is 6.08 Å². The summed E-state index contributed by atoms with van der Waals surface area (Å²) in [5, 5.41) is 9.58. The molecule has 2 aromatic rings. The van der Waals surface area contributed by atoms with Gasteiger partial charge in [-0.1, -0.05) is 23.2 Å². The highest BCUT2D eigenvalue weighted by atomic mass is 35.5. The number of rotatable bonds is 3. The van der Waals surface area contributed by atoms with Gasteiger partial charge in [0.1, 0.15) is 17.2 Å². The van der Waals surface area contributed by atoms with Gasteiger partial charge in [0.2, 0.25) is 6.10 Å². The van der Waals surface area contributed by atoms with E-state index in [4.69, 9.17) is 37.8 Å². The van der Waals surface area contributed by atoms with Crippen molar-refractivity contribution in [1.82, 2.24) is 0 Å². The number of carboxylic acid groups (broad SMARTS) is 1. The number of hydrogen-bond acceptors (Lipinski definition) is 3. The van der Waals surface area contributed by atoms with Gasteiger partial charge in [-0.3, -0.25) is 0 Å². The number of ether oxygens (including phenoxy) is 2. The third-order valence-corrected chi connectivity index (χ3v) is 4.04. The Morgan fingerprint density at radius 3 is 2.38 bits per heavy atom. The zero-order chi connectivity index (χ0) is 19.1. The maximum atomic E-state index is 13.1. The van der Waals surface area contributed by atoms with E-state index in [1.807, 2.05) is 0 Å². The molecule has 0 saturated heterocycles. The molecular weight excluding hydrogens is 396 g/mol. The molecule has 0 bridgehead atoms. The van der Waals surface area contributed by atoms with E-state index >= 15 is 0 Å². The van der Waals surface area contributed by atoms with Crippen LogP contribution in [0, 0.1) is 0 Å². The lowest BCUT2D eigenvalue weighted by Crippen LogP contribution is -2.40. The highest BCUT2D eigenvalue weighted by Gasteiger charge is 2.48. The topological polar surface area (TPSA) is 55.8 Å². The Hall–Kier alpha value is -2.38. The summed E-state index contributed by atoms with van der Waals surface area (Å²) >= 11 is 11.9. The van der Waals surface area contributed by atoms with E-state index < -0.39 is 23.8 Å². The Bertz CT molecular complexity index is 892. The normalized spacial score (nSPS) is 16.3. The Morgan fingerprint density at radius 1 is 1.15 bits per heavy atom. The molecule has 1 unspecified atom stereocenters. The summed E-state index contributed by atoms with van der Waals surface area (Å²) in [7, 11) is 0. The van der Waals surface area contributed by atoms with Crippen LogP contribution in [0.1, 0.15) is 5.56 Å². The van der Waals surface area contributed by atoms with Gasteiger partial charge < -0.3 is 14.6 Å². The second-order valence-corrected chi connectivity index (χ2v) is 6.16. The number of hydrogen-bond donors (Lipinski definition) is 1. The molecule has 136 valence electrons. The van der Waals surface area contributed by atoms with Crippen LogP contribution < -0.4 is 9.47 Å². The molecule has 1 aliphatic heterocycles. The average Bonchev–Trinajstić information content (AvgIpc) is 2.55. The standard InChI is InChI=1S/C17H9Cl2F3O4/c18-9-1-3-10(4-2-9)25-14-7-13-8(6-12(14)19)5-11(16(23)24)15(26-13)17(20,21)22/h1-7,15H,(H,23,24). The van der Waals surface area contributed by atoms with Gasteiger partial charge in [0.05, 0.1) is 10.6 Å². The molecular formula is C17H9Cl2F3O4. The summed E-state index contributed by atoms with van der Waals surface area (Å²) in [6, 6.07) is 8.71. The van der Waals surface area contributed by atoms with Crippen molar-refractivity contribution in [2.24, 2.45) is 0 Å². The Balaban J connectivity index is 2.00. The number of alkyl halides is 3. The Kier molecular flexibility index (Phi) is 4.77. The molecule has 9 heteroatoms. The summed E-state index contributed by atoms with van der Waals surface area (Å²) in [5.74, 6) is -1.50. The largest absolute Gasteiger partial charge is 0.478 e. The van der Waals surface area contributed by atoms with Crippen molar-refractivity contribution in [1.29, 1.82) is 0 Å². The van der Waals surface area contributed by atoms with E-state index in [1.54, 1.807) is 24.3 Å². The van der Waals surface area contributed by atoms with Crippen LogP contribution in [0.25, 0.3) is 6.08 Å². The van der Waals surface area contributed by atoms with Gasteiger partial charge in [0.25, 0.3) is 0 Å². The lowest BCUT2D eigenvalue weighted by atomic mass is 10.0. The fraction of sp³-hybridized carbons (Fsp3) is 0.118. The van der Waals surface area contributed by atoms with Crippen molar-refractivity contribution < 1.29 is 32.5 Å². The first-order valence-electron chi connectivity index (χ1n) is 7.10. The van der Waals surface area contributed by atoms with Crippen LogP contribution in [0.15, 0.2) is 42.0 Å². The summed E-state index contributed by atoms with van der Waals surface area (Å²) in [5.41, 5.74) is -0.816. The quantitative estimate of drug-likeness (QED) is 0.725. The van der Waals surface area contributed by atoms with Crippen molar-refractivity contribution in [2.75, 3.05) is 0 Å². The van der Waals surface area contributed by atoms with Gasteiger partial charge >= 0.3 is 12.1 Å². The van der Waals surface area contributed by atoms with Crippen molar-refractivity contribution in [3.8, 4) is 17.2 Å². The lowest BCUT2D eigenvalue weighted by molar-refractivity contribution is -0.187. The number of benzene rings is 2. The first-order chi connectivity index (χ1) is 12.1. The second kappa shape index (κ2) is 6.74. The predicted molar refractivity (Wildman–Crippen MR) is 89.1 cm³/mol. The SMILES string of the molecule is O=C(O)C1=Cc2cc(Cl)c(Oc3ccc(Cl)cc3)cc2OC1C(F)(F)F. The maximum absolute atomic E-state index is 13.1. The van der Waals surface area contributed by atoms with Crippen LogP contribution in [-0.4, -0.2) is 23.4 Å². The maximum Gasteiger partial charge on any atom is 0.430 e. The zero-order valence-electron chi connectivity index (χ0n) is 12.7. The van der Waals surface area contributed by atoms with Gasteiger partial charge in [0, 0.05) is 16.7 Å². The summed E-state index contributed by atoms with van der Waals surface area (Å²) in [6.45, 7) is 0. The molecule has 0 aromatic heterocycles. The minimum atomic E-state index is -4.89. The number of carbonyl (C=O) groups is 1. The number of halogens is 5. The van der Waals surface area contributed by atoms with Crippen LogP contribution in [0.3, 0.4) is 0 Å². The van der Waals surface area contributed by atoms with Crippen molar-refractivity contribution >= 4 is 35.2 Å². The molecule has 1 N–H and O–H groups in total. The van der Waals surface area contributed by atoms with Gasteiger partial charge in [-0.2, -0.15) is 13.2 Å². The van der Waals surface area contributed by atoms with Gasteiger partial charge in [-0.05, 0) is 36.4 Å². The highest BCUT2D eigenvalue weighted by molar-refractivity contribution is 6.32. The first kappa shape index (κ1) is 18.4. The fourth-order valence-corrected chi connectivity index (χ4v) is 2.66. The Labute approximate surface area is 155 Å². The molecule has 0 radical (unpaired) electrons. The fourth-order valence-electron chi connectivity index (χ4n) is 2.32. The monoisotopic (exact) mass is 404 g/mol. The number of fused-ring (bicyclic) bond motifs is 1. The van der Waals surface area contributed by atoms with E-state index in [9.17, 15) is 18.0 Å². The smallest absolute Gasteiger partial charge is 0.430 e. The minimum absolute atomic E-state index is 0.0563. The van der Waals surface area contributed by atoms with E-state index in [2.05, 4.69) is 0 Å². The lowest BCUT2D eigenvalue weighted by Gasteiger charge is -2.27. The van der Waals surface area contributed by atoms with Crippen LogP contribution in [0.4, 0.5) is 13.2 Å². The molecule has 2 aromatic carbocycles. The van der Waals surface area contributed by atoms with Gasteiger partial charge in [-0.15, -0.1) is 0 Å². The average molecular weight is 405 g/mol. The third kappa shape index (κ3) is 3.73.